The van der Waals surface area contributed by atoms with Crippen LogP contribution in [0.15, 0.2) is 53.1 Å². The van der Waals surface area contributed by atoms with Crippen molar-refractivity contribution in [3.63, 3.8) is 0 Å². The van der Waals surface area contributed by atoms with Crippen LogP contribution < -0.4 is 9.47 Å². The molecule has 0 amide bonds. The Kier molecular flexibility index (Phi) is 5.48. The Bertz CT molecular complexity index is 874. The summed E-state index contributed by atoms with van der Waals surface area (Å²) in [6, 6.07) is 14.0. The molecule has 0 fully saturated rings. The van der Waals surface area contributed by atoms with Gasteiger partial charge >= 0.3 is 5.97 Å². The largest absolute Gasteiger partial charge is 0.497 e. The molecule has 0 saturated carbocycles. The molecular weight excluding hydrogens is 336 g/mol. The summed E-state index contributed by atoms with van der Waals surface area (Å²) in [7, 11) is 1.58. The molecule has 0 radical (unpaired) electrons. The fraction of sp³-hybridized carbons (Fsp3) is 0.211. The van der Waals surface area contributed by atoms with Crippen LogP contribution in [0, 0.1) is 0 Å². The van der Waals surface area contributed by atoms with E-state index in [-0.39, 0.29) is 12.5 Å². The first kappa shape index (κ1) is 17.5. The Hall–Kier alpha value is -3.35. The van der Waals surface area contributed by atoms with Crippen molar-refractivity contribution in [2.45, 2.75) is 13.5 Å². The van der Waals surface area contributed by atoms with Crippen molar-refractivity contribution < 1.29 is 23.5 Å². The zero-order valence-electron chi connectivity index (χ0n) is 14.5. The van der Waals surface area contributed by atoms with Crippen LogP contribution >= 0.6 is 0 Å². The number of nitrogens with zero attached hydrogens (tertiary/aromatic N) is 2. The zero-order valence-corrected chi connectivity index (χ0v) is 14.5. The smallest absolute Gasteiger partial charge is 0.338 e. The minimum atomic E-state index is -0.478. The molecule has 0 unspecified atom stereocenters. The van der Waals surface area contributed by atoms with Gasteiger partial charge < -0.3 is 18.7 Å². The topological polar surface area (TPSA) is 83.7 Å². The molecule has 1 heterocycles. The summed E-state index contributed by atoms with van der Waals surface area (Å²) in [4.78, 5) is 16.3. The molecule has 7 nitrogen and oxygen atoms in total. The van der Waals surface area contributed by atoms with E-state index in [1.807, 2.05) is 25.1 Å². The van der Waals surface area contributed by atoms with Crippen molar-refractivity contribution in [2.75, 3.05) is 13.7 Å². The van der Waals surface area contributed by atoms with Gasteiger partial charge in [-0.15, -0.1) is 0 Å². The Balaban J connectivity index is 1.61. The van der Waals surface area contributed by atoms with Gasteiger partial charge in [0.15, 0.2) is 6.61 Å². The molecule has 7 heteroatoms. The van der Waals surface area contributed by atoms with Gasteiger partial charge in [0.2, 0.25) is 5.82 Å². The quantitative estimate of drug-likeness (QED) is 0.600. The maximum absolute atomic E-state index is 12.1. The van der Waals surface area contributed by atoms with Gasteiger partial charge in [0.05, 0.1) is 19.3 Å². The van der Waals surface area contributed by atoms with Crippen LogP contribution in [0.5, 0.6) is 11.5 Å². The van der Waals surface area contributed by atoms with E-state index in [2.05, 4.69) is 10.1 Å². The lowest BCUT2D eigenvalue weighted by Crippen LogP contribution is -2.05. The number of hydrogen-bond acceptors (Lipinski definition) is 7. The first-order chi connectivity index (χ1) is 12.7. The Morgan fingerprint density at radius 2 is 1.92 bits per heavy atom. The average molecular weight is 354 g/mol. The first-order valence-electron chi connectivity index (χ1n) is 8.06. The molecule has 0 aliphatic rings. The van der Waals surface area contributed by atoms with Crippen LogP contribution in [0.4, 0.5) is 0 Å². The predicted molar refractivity (Wildman–Crippen MR) is 93.0 cm³/mol. The molecule has 0 spiro atoms. The van der Waals surface area contributed by atoms with Gasteiger partial charge in [-0.25, -0.2) is 4.79 Å². The molecule has 0 bridgehead atoms. The summed E-state index contributed by atoms with van der Waals surface area (Å²) < 4.78 is 20.8. The highest BCUT2D eigenvalue weighted by Gasteiger charge is 2.13. The van der Waals surface area contributed by atoms with E-state index in [0.717, 1.165) is 5.56 Å². The minimum absolute atomic E-state index is 0.108. The Morgan fingerprint density at radius 3 is 2.65 bits per heavy atom. The van der Waals surface area contributed by atoms with Crippen molar-refractivity contribution in [1.29, 1.82) is 0 Å². The molecular formula is C19H18N2O5. The molecule has 26 heavy (non-hydrogen) atoms. The molecule has 3 aromatic rings. The zero-order chi connectivity index (χ0) is 18.4. The molecule has 3 rings (SSSR count). The third-order valence-corrected chi connectivity index (χ3v) is 3.52. The molecule has 0 aliphatic carbocycles. The number of methoxy groups -OCH3 is 1. The van der Waals surface area contributed by atoms with Crippen molar-refractivity contribution in [3.8, 4) is 22.9 Å². The van der Waals surface area contributed by atoms with Crippen LogP contribution in [0.2, 0.25) is 0 Å². The number of esters is 1. The van der Waals surface area contributed by atoms with E-state index in [9.17, 15) is 4.79 Å². The third-order valence-electron chi connectivity index (χ3n) is 3.52. The van der Waals surface area contributed by atoms with Gasteiger partial charge in [0, 0.05) is 5.56 Å². The van der Waals surface area contributed by atoms with Crippen LogP contribution in [0.3, 0.4) is 0 Å². The summed E-state index contributed by atoms with van der Waals surface area (Å²) in [6.07, 6.45) is 0. The Labute approximate surface area is 150 Å². The number of hydrogen-bond donors (Lipinski definition) is 0. The lowest BCUT2D eigenvalue weighted by Gasteiger charge is -2.04. The highest BCUT2D eigenvalue weighted by atomic mass is 16.6. The lowest BCUT2D eigenvalue weighted by atomic mass is 10.2. The summed E-state index contributed by atoms with van der Waals surface area (Å²) in [5.74, 6) is 1.52. The number of aromatic nitrogens is 2. The standard InChI is InChI=1S/C19H18N2O5/c1-3-24-15-9-7-13(8-10-15)19(22)25-12-17-20-18(21-26-17)14-5-4-6-16(11-14)23-2/h4-11H,3,12H2,1-2H3. The van der Waals surface area contributed by atoms with E-state index >= 15 is 0 Å². The predicted octanol–water partition coefficient (Wildman–Crippen LogP) is 3.50. The summed E-state index contributed by atoms with van der Waals surface area (Å²) in [6.45, 7) is 2.35. The molecule has 134 valence electrons. The van der Waals surface area contributed by atoms with Gasteiger partial charge in [0.25, 0.3) is 5.89 Å². The van der Waals surface area contributed by atoms with Gasteiger partial charge in [0.1, 0.15) is 11.5 Å². The SMILES string of the molecule is CCOc1ccc(C(=O)OCc2nc(-c3cccc(OC)c3)no2)cc1. The fourth-order valence-corrected chi connectivity index (χ4v) is 2.26. The second-order valence-corrected chi connectivity index (χ2v) is 5.28. The highest BCUT2D eigenvalue weighted by Crippen LogP contribution is 2.21. The van der Waals surface area contributed by atoms with Crippen LogP contribution in [-0.4, -0.2) is 29.8 Å². The van der Waals surface area contributed by atoms with E-state index in [0.29, 0.717) is 29.5 Å². The van der Waals surface area contributed by atoms with E-state index in [4.69, 9.17) is 18.7 Å². The van der Waals surface area contributed by atoms with Crippen molar-refractivity contribution in [2.24, 2.45) is 0 Å². The van der Waals surface area contributed by atoms with Gasteiger partial charge in [-0.2, -0.15) is 4.98 Å². The van der Waals surface area contributed by atoms with Gasteiger partial charge in [-0.3, -0.25) is 0 Å². The normalized spacial score (nSPS) is 10.4. The maximum Gasteiger partial charge on any atom is 0.338 e. The van der Waals surface area contributed by atoms with Crippen LogP contribution in [0.25, 0.3) is 11.4 Å². The fourth-order valence-electron chi connectivity index (χ4n) is 2.26. The molecule has 0 saturated heterocycles. The van der Waals surface area contributed by atoms with E-state index in [1.54, 1.807) is 37.4 Å². The summed E-state index contributed by atoms with van der Waals surface area (Å²) in [5, 5.41) is 3.90. The second kappa shape index (κ2) is 8.15. The van der Waals surface area contributed by atoms with Crippen molar-refractivity contribution in [3.05, 3.63) is 60.0 Å². The molecule has 2 aromatic carbocycles. The average Bonchev–Trinajstić information content (AvgIpc) is 3.16. The molecule has 0 aliphatic heterocycles. The maximum atomic E-state index is 12.1. The molecule has 0 atom stereocenters. The third kappa shape index (κ3) is 4.18. The van der Waals surface area contributed by atoms with Crippen LogP contribution in [-0.2, 0) is 11.3 Å². The van der Waals surface area contributed by atoms with Crippen molar-refractivity contribution in [1.82, 2.24) is 10.1 Å². The number of carbonyl (C=O) groups excluding carboxylic acids is 1. The number of carbonyl (C=O) groups is 1. The van der Waals surface area contributed by atoms with Gasteiger partial charge in [-0.1, -0.05) is 17.3 Å². The van der Waals surface area contributed by atoms with E-state index in [1.165, 1.54) is 0 Å². The van der Waals surface area contributed by atoms with Crippen LogP contribution in [0.1, 0.15) is 23.2 Å². The minimum Gasteiger partial charge on any atom is -0.497 e. The van der Waals surface area contributed by atoms with E-state index < -0.39 is 5.97 Å². The lowest BCUT2D eigenvalue weighted by molar-refractivity contribution is 0.0430. The number of rotatable bonds is 7. The number of ether oxygens (including phenoxy) is 3. The second-order valence-electron chi connectivity index (χ2n) is 5.28. The molecule has 0 N–H and O–H groups in total. The first-order valence-corrected chi connectivity index (χ1v) is 8.06. The van der Waals surface area contributed by atoms with Crippen molar-refractivity contribution >= 4 is 5.97 Å². The Morgan fingerprint density at radius 1 is 1.12 bits per heavy atom. The highest BCUT2D eigenvalue weighted by molar-refractivity contribution is 5.89. The van der Waals surface area contributed by atoms with Gasteiger partial charge in [-0.05, 0) is 43.3 Å². The summed E-state index contributed by atoms with van der Waals surface area (Å²) in [5.41, 5.74) is 1.16. The number of benzene rings is 2. The monoisotopic (exact) mass is 354 g/mol. The molecule has 1 aromatic heterocycles. The summed E-state index contributed by atoms with van der Waals surface area (Å²) >= 11 is 0.